The zero-order valence-corrected chi connectivity index (χ0v) is 11.3. The second kappa shape index (κ2) is 5.71. The highest BCUT2D eigenvalue weighted by atomic mass is 16.1. The number of nitrogens with two attached hydrogens (primary N) is 2. The lowest BCUT2D eigenvalue weighted by Gasteiger charge is -2.33. The number of rotatable bonds is 6. The molecule has 18 heavy (non-hydrogen) atoms. The smallest absolute Gasteiger partial charge is 0.252 e. The van der Waals surface area contributed by atoms with Gasteiger partial charge in [-0.25, -0.2) is 4.98 Å². The van der Waals surface area contributed by atoms with E-state index < -0.39 is 5.91 Å². The Morgan fingerprint density at radius 2 is 1.89 bits per heavy atom. The fourth-order valence-electron chi connectivity index (χ4n) is 2.03. The number of nitrogen functional groups attached to an aromatic ring is 1. The molecule has 0 radical (unpaired) electrons. The first-order chi connectivity index (χ1) is 8.48. The van der Waals surface area contributed by atoms with Crippen LogP contribution in [0.1, 0.15) is 50.4 Å². The molecule has 0 aliphatic carbocycles. The number of primary amides is 1. The number of amides is 1. The molecule has 0 saturated carbocycles. The molecule has 0 saturated heterocycles. The van der Waals surface area contributed by atoms with Crippen molar-refractivity contribution in [2.24, 2.45) is 5.73 Å². The Morgan fingerprint density at radius 1 is 1.33 bits per heavy atom. The van der Waals surface area contributed by atoms with Crippen LogP contribution in [0.25, 0.3) is 0 Å². The summed E-state index contributed by atoms with van der Waals surface area (Å²) in [7, 11) is 0. The van der Waals surface area contributed by atoms with Crippen molar-refractivity contribution in [2.75, 3.05) is 11.1 Å². The van der Waals surface area contributed by atoms with E-state index in [9.17, 15) is 4.79 Å². The first kappa shape index (κ1) is 14.3. The van der Waals surface area contributed by atoms with Crippen LogP contribution in [0.15, 0.2) is 12.3 Å². The molecule has 5 N–H and O–H groups in total. The zero-order chi connectivity index (χ0) is 13.8. The molecule has 0 fully saturated rings. The second-order valence-corrected chi connectivity index (χ2v) is 4.50. The molecule has 0 aliphatic rings. The van der Waals surface area contributed by atoms with Crippen LogP contribution in [-0.4, -0.2) is 16.4 Å². The van der Waals surface area contributed by atoms with Crippen molar-refractivity contribution in [1.82, 2.24) is 4.98 Å². The van der Waals surface area contributed by atoms with Gasteiger partial charge in [0, 0.05) is 5.54 Å². The van der Waals surface area contributed by atoms with E-state index in [2.05, 4.69) is 31.1 Å². The van der Waals surface area contributed by atoms with Gasteiger partial charge in [-0.2, -0.15) is 0 Å². The van der Waals surface area contributed by atoms with Gasteiger partial charge in [-0.1, -0.05) is 20.8 Å². The SMILES string of the molecule is CCC(CC)(CC)Nc1ncc(N)cc1C(N)=O. The highest BCUT2D eigenvalue weighted by molar-refractivity contribution is 5.98. The Morgan fingerprint density at radius 3 is 2.33 bits per heavy atom. The van der Waals surface area contributed by atoms with E-state index >= 15 is 0 Å². The largest absolute Gasteiger partial charge is 0.397 e. The van der Waals surface area contributed by atoms with Crippen LogP contribution in [0.4, 0.5) is 11.5 Å². The monoisotopic (exact) mass is 250 g/mol. The number of hydrogen-bond donors (Lipinski definition) is 3. The third-order valence-corrected chi connectivity index (χ3v) is 3.59. The van der Waals surface area contributed by atoms with E-state index in [1.54, 1.807) is 6.07 Å². The van der Waals surface area contributed by atoms with Gasteiger partial charge in [-0.15, -0.1) is 0 Å². The molecule has 5 nitrogen and oxygen atoms in total. The number of nitrogens with zero attached hydrogens (tertiary/aromatic N) is 1. The minimum Gasteiger partial charge on any atom is -0.397 e. The maximum atomic E-state index is 11.4. The summed E-state index contributed by atoms with van der Waals surface area (Å²) in [5.74, 6) is -0.00300. The summed E-state index contributed by atoms with van der Waals surface area (Å²) in [6, 6.07) is 1.56. The highest BCUT2D eigenvalue weighted by Crippen LogP contribution is 2.26. The highest BCUT2D eigenvalue weighted by Gasteiger charge is 2.25. The molecule has 1 amide bonds. The van der Waals surface area contributed by atoms with Crippen molar-refractivity contribution < 1.29 is 4.79 Å². The zero-order valence-electron chi connectivity index (χ0n) is 11.3. The van der Waals surface area contributed by atoms with Crippen LogP contribution >= 0.6 is 0 Å². The Bertz CT molecular complexity index is 419. The maximum Gasteiger partial charge on any atom is 0.252 e. The first-order valence-electron chi connectivity index (χ1n) is 6.31. The van der Waals surface area contributed by atoms with E-state index in [1.807, 2.05) is 0 Å². The molecule has 1 rings (SSSR count). The van der Waals surface area contributed by atoms with Crippen molar-refractivity contribution >= 4 is 17.4 Å². The van der Waals surface area contributed by atoms with Crippen LogP contribution < -0.4 is 16.8 Å². The quantitative estimate of drug-likeness (QED) is 0.721. The van der Waals surface area contributed by atoms with Crippen molar-refractivity contribution in [2.45, 2.75) is 45.6 Å². The third kappa shape index (κ3) is 2.91. The fraction of sp³-hybridized carbons (Fsp3) is 0.538. The van der Waals surface area contributed by atoms with E-state index in [1.165, 1.54) is 6.20 Å². The van der Waals surface area contributed by atoms with Gasteiger partial charge in [-0.3, -0.25) is 4.79 Å². The lowest BCUT2D eigenvalue weighted by molar-refractivity contribution is 0.100. The van der Waals surface area contributed by atoms with Gasteiger partial charge in [0.05, 0.1) is 17.4 Å². The van der Waals surface area contributed by atoms with Crippen LogP contribution in [-0.2, 0) is 0 Å². The maximum absolute atomic E-state index is 11.4. The number of anilines is 2. The van der Waals surface area contributed by atoms with Gasteiger partial charge in [0.15, 0.2) is 0 Å². The van der Waals surface area contributed by atoms with E-state index in [0.29, 0.717) is 17.1 Å². The average Bonchev–Trinajstić information content (AvgIpc) is 2.37. The van der Waals surface area contributed by atoms with E-state index in [-0.39, 0.29) is 5.54 Å². The first-order valence-corrected chi connectivity index (χ1v) is 6.31. The molecular formula is C13H22N4O. The predicted molar refractivity (Wildman–Crippen MR) is 74.4 cm³/mol. The number of nitrogens with one attached hydrogen (secondary N) is 1. The van der Waals surface area contributed by atoms with Gasteiger partial charge in [0.25, 0.3) is 5.91 Å². The van der Waals surface area contributed by atoms with Gasteiger partial charge in [-0.05, 0) is 25.3 Å². The standard InChI is InChI=1S/C13H22N4O/c1-4-13(5-2,6-3)17-12-10(11(15)18)7-9(14)8-16-12/h7-8H,4-6,14H2,1-3H3,(H2,15,18)(H,16,17). The van der Waals surface area contributed by atoms with Gasteiger partial charge < -0.3 is 16.8 Å². The molecule has 1 aromatic heterocycles. The normalized spacial score (nSPS) is 11.3. The topological polar surface area (TPSA) is 94.0 Å². The summed E-state index contributed by atoms with van der Waals surface area (Å²) in [6.07, 6.45) is 4.37. The molecule has 1 aromatic rings. The Hall–Kier alpha value is -1.78. The number of pyridine rings is 1. The van der Waals surface area contributed by atoms with Crippen molar-refractivity contribution in [3.8, 4) is 0 Å². The molecule has 0 unspecified atom stereocenters. The van der Waals surface area contributed by atoms with E-state index in [0.717, 1.165) is 19.3 Å². The number of carbonyl (C=O) groups is 1. The molecular weight excluding hydrogens is 228 g/mol. The Balaban J connectivity index is 3.13. The van der Waals surface area contributed by atoms with Crippen LogP contribution in [0, 0.1) is 0 Å². The molecule has 0 atom stereocenters. The Kier molecular flexibility index (Phi) is 4.53. The van der Waals surface area contributed by atoms with Gasteiger partial charge in [0.1, 0.15) is 5.82 Å². The summed E-state index contributed by atoms with van der Waals surface area (Å²) in [5, 5.41) is 3.35. The predicted octanol–water partition coefficient (Wildman–Crippen LogP) is 2.14. The van der Waals surface area contributed by atoms with Crippen molar-refractivity contribution in [3.63, 3.8) is 0 Å². The lowest BCUT2D eigenvalue weighted by atomic mass is 9.89. The molecule has 0 aromatic carbocycles. The third-order valence-electron chi connectivity index (χ3n) is 3.59. The molecule has 0 bridgehead atoms. The van der Waals surface area contributed by atoms with Crippen LogP contribution in [0.2, 0.25) is 0 Å². The summed E-state index contributed by atoms with van der Waals surface area (Å²) < 4.78 is 0. The second-order valence-electron chi connectivity index (χ2n) is 4.50. The lowest BCUT2D eigenvalue weighted by Crippen LogP contribution is -2.37. The van der Waals surface area contributed by atoms with E-state index in [4.69, 9.17) is 11.5 Å². The van der Waals surface area contributed by atoms with Crippen LogP contribution in [0.3, 0.4) is 0 Å². The summed E-state index contributed by atoms with van der Waals surface area (Å²) in [6.45, 7) is 6.34. The Labute approximate surface area is 108 Å². The molecule has 5 heteroatoms. The van der Waals surface area contributed by atoms with Gasteiger partial charge in [0.2, 0.25) is 0 Å². The van der Waals surface area contributed by atoms with Crippen molar-refractivity contribution in [1.29, 1.82) is 0 Å². The number of carbonyl (C=O) groups excluding carboxylic acids is 1. The number of aromatic nitrogens is 1. The summed E-state index contributed by atoms with van der Waals surface area (Å²) in [5.41, 5.74) is 11.7. The van der Waals surface area contributed by atoms with Crippen LogP contribution in [0.5, 0.6) is 0 Å². The molecule has 0 aliphatic heterocycles. The minimum atomic E-state index is -0.519. The molecule has 0 spiro atoms. The van der Waals surface area contributed by atoms with Gasteiger partial charge >= 0.3 is 0 Å². The molecule has 100 valence electrons. The summed E-state index contributed by atoms with van der Waals surface area (Å²) in [4.78, 5) is 15.6. The average molecular weight is 250 g/mol. The van der Waals surface area contributed by atoms with Crippen molar-refractivity contribution in [3.05, 3.63) is 17.8 Å². The molecule has 1 heterocycles. The fourth-order valence-corrected chi connectivity index (χ4v) is 2.03. The minimum absolute atomic E-state index is 0.0622. The number of hydrogen-bond acceptors (Lipinski definition) is 4. The summed E-state index contributed by atoms with van der Waals surface area (Å²) >= 11 is 0.